The highest BCUT2D eigenvalue weighted by Crippen LogP contribution is 2.42. The summed E-state index contributed by atoms with van der Waals surface area (Å²) < 4.78 is 24.2. The van der Waals surface area contributed by atoms with Crippen LogP contribution in [0.25, 0.3) is 0 Å². The number of halogens is 2. The van der Waals surface area contributed by atoms with Gasteiger partial charge in [0.25, 0.3) is 11.1 Å². The highest BCUT2D eigenvalue weighted by Gasteiger charge is 2.45. The predicted molar refractivity (Wildman–Crippen MR) is 336 cm³/mol. The van der Waals surface area contributed by atoms with Crippen molar-refractivity contribution in [1.82, 2.24) is 40.2 Å². The maximum Gasteiger partial charge on any atom is 0.291 e. The molecule has 0 aliphatic carbocycles. The molecule has 0 bridgehead atoms. The van der Waals surface area contributed by atoms with Gasteiger partial charge in [-0.1, -0.05) is 75.2 Å². The van der Waals surface area contributed by atoms with Crippen molar-refractivity contribution >= 4 is 58.2 Å². The smallest absolute Gasteiger partial charge is 0.291 e. The lowest BCUT2D eigenvalue weighted by atomic mass is 9.91. The predicted octanol–water partition coefficient (Wildman–Crippen LogP) is 4.12. The van der Waals surface area contributed by atoms with Gasteiger partial charge >= 0.3 is 0 Å². The molecular formula is C64H80Cl2N12O10. The van der Waals surface area contributed by atoms with Crippen LogP contribution >= 0.6 is 23.2 Å². The van der Waals surface area contributed by atoms with E-state index < -0.39 is 58.1 Å². The standard InChI is InChI=1S/C64H80Cl2N12O10/c1-37-29-75(33-53(79)77-35-63(3,4)57-49(77)25-51(61(83)71-57)87-45-15-11-41(65)12-16-45)43(27-69-37)31-73-19-21-85-55(59(67)81)47(73)23-39-7-9-40(10-8-39)24-48-56(60(68)82)86-22-20-74(48)32-44-28-70-38(2)30-76(44)34-54(80)78-36-64(5,6)58-50(78)26-52(62(84)72-58)88-46-17-13-42(66)14-18-46/h7-18,25-26,37-38,43-44,47-48,55-56,69-70H,19-24,27-36H2,1-6H3,(H2,67,81)(H2,68,82)(H,71,83)(H,72,84)/t37-,38-,43-,44-,47?,48?,55?,56?/m1/s1. The summed E-state index contributed by atoms with van der Waals surface area (Å²) >= 11 is 12.2. The molecule has 4 amide bonds. The Morgan fingerprint density at radius 3 is 1.32 bits per heavy atom. The average Bonchev–Trinajstić information content (AvgIpc) is 1.82. The zero-order valence-corrected chi connectivity index (χ0v) is 52.2. The number of nitrogens with zero attached hydrogens (tertiary/aromatic N) is 6. The first kappa shape index (κ1) is 62.9. The van der Waals surface area contributed by atoms with Crippen LogP contribution in [0.3, 0.4) is 0 Å². The Morgan fingerprint density at radius 2 is 0.955 bits per heavy atom. The van der Waals surface area contributed by atoms with E-state index in [4.69, 9.17) is 53.6 Å². The second-order valence-electron chi connectivity index (χ2n) is 25.8. The van der Waals surface area contributed by atoms with Crippen molar-refractivity contribution in [2.75, 3.05) is 102 Å². The van der Waals surface area contributed by atoms with Crippen LogP contribution in [0.5, 0.6) is 23.0 Å². The van der Waals surface area contributed by atoms with Crippen molar-refractivity contribution in [3.05, 3.63) is 138 Å². The lowest BCUT2D eigenvalue weighted by Crippen LogP contribution is -2.64. The number of carbonyl (C=O) groups is 4. The minimum absolute atomic E-state index is 0.0669. The quantitative estimate of drug-likeness (QED) is 0.0721. The first-order valence-electron chi connectivity index (χ1n) is 30.3. The van der Waals surface area contributed by atoms with Crippen molar-refractivity contribution in [3.8, 4) is 23.0 Å². The summed E-state index contributed by atoms with van der Waals surface area (Å²) in [4.78, 5) is 101. The lowest BCUT2D eigenvalue weighted by molar-refractivity contribution is -0.143. The van der Waals surface area contributed by atoms with E-state index in [-0.39, 0.29) is 60.6 Å². The molecule has 0 spiro atoms. The van der Waals surface area contributed by atoms with Gasteiger partial charge in [-0.2, -0.15) is 0 Å². The van der Waals surface area contributed by atoms with Gasteiger partial charge in [0, 0.05) is 146 Å². The SMILES string of the molecule is C[C@@H]1CN(CC(=O)N2CC(C)(C)c3[nH]c(=O)c(Oc4ccc(Cl)cc4)cc32)[C@@H](CN2CCOC(C(N)=O)C2Cc2ccc(CC3C(C(N)=O)OCCN3C[C@H]3CN[C@H](C)CN3CC(=O)N3CC(C)(C)c4[nH]c(=O)c(Oc5ccc(Cl)cc5)cc43)cc2)CN1. The maximum atomic E-state index is 14.6. The third-order valence-corrected chi connectivity index (χ3v) is 18.7. The molecule has 88 heavy (non-hydrogen) atoms. The number of hydrogen-bond donors (Lipinski definition) is 6. The first-order chi connectivity index (χ1) is 42.0. The molecule has 4 fully saturated rings. The van der Waals surface area contributed by atoms with Crippen molar-refractivity contribution in [2.45, 2.75) is 114 Å². The second-order valence-corrected chi connectivity index (χ2v) is 26.7. The monoisotopic (exact) mass is 1250 g/mol. The molecule has 8 heterocycles. The topological polar surface area (TPSA) is 266 Å². The number of nitrogens with two attached hydrogens (primary N) is 2. The van der Waals surface area contributed by atoms with Crippen molar-refractivity contribution < 1.29 is 38.1 Å². The van der Waals surface area contributed by atoms with Crippen molar-refractivity contribution in [3.63, 3.8) is 0 Å². The summed E-state index contributed by atoms with van der Waals surface area (Å²) in [5.41, 5.74) is 14.8. The molecule has 6 aliphatic rings. The number of nitrogens with one attached hydrogen (secondary N) is 4. The number of rotatable bonds is 18. The van der Waals surface area contributed by atoms with Crippen LogP contribution in [-0.4, -0.2) is 193 Å². The van der Waals surface area contributed by atoms with E-state index in [1.54, 1.807) is 70.5 Å². The highest BCUT2D eigenvalue weighted by atomic mass is 35.5. The Kier molecular flexibility index (Phi) is 18.6. The number of anilines is 2. The number of piperazine rings is 2. The largest absolute Gasteiger partial charge is 0.451 e. The molecule has 6 aliphatic heterocycles. The number of carbonyl (C=O) groups excluding carboxylic acids is 4. The molecule has 8 N–H and O–H groups in total. The van der Waals surface area contributed by atoms with Gasteiger partial charge in [0.15, 0.2) is 23.7 Å². The second kappa shape index (κ2) is 26.0. The van der Waals surface area contributed by atoms with Gasteiger partial charge in [0.05, 0.1) is 37.7 Å². The number of benzene rings is 3. The van der Waals surface area contributed by atoms with E-state index >= 15 is 0 Å². The fourth-order valence-electron chi connectivity index (χ4n) is 13.6. The number of H-pyrrole nitrogens is 2. The summed E-state index contributed by atoms with van der Waals surface area (Å²) in [5.74, 6) is -0.333. The van der Waals surface area contributed by atoms with Gasteiger partial charge in [-0.05, 0) is 86.3 Å². The number of hydrogen-bond acceptors (Lipinski definition) is 16. The first-order valence-corrected chi connectivity index (χ1v) is 31.1. The van der Waals surface area contributed by atoms with Crippen LogP contribution < -0.4 is 52.5 Å². The van der Waals surface area contributed by atoms with E-state index in [1.165, 1.54) is 0 Å². The van der Waals surface area contributed by atoms with Crippen molar-refractivity contribution in [1.29, 1.82) is 0 Å². The normalized spacial score (nSPS) is 25.7. The third kappa shape index (κ3) is 13.9. The molecule has 3 aromatic carbocycles. The number of primary amides is 2. The van der Waals surface area contributed by atoms with Gasteiger partial charge < -0.3 is 60.8 Å². The van der Waals surface area contributed by atoms with Crippen LogP contribution in [0.1, 0.15) is 64.1 Å². The molecule has 8 atom stereocenters. The van der Waals surface area contributed by atoms with Gasteiger partial charge in [0.1, 0.15) is 11.5 Å². The van der Waals surface area contributed by atoms with Crippen LogP contribution in [0, 0.1) is 0 Å². The van der Waals surface area contributed by atoms with E-state index in [2.05, 4.69) is 54.0 Å². The number of ether oxygens (including phenoxy) is 4. The molecule has 11 rings (SSSR count). The molecule has 0 saturated carbocycles. The molecule has 4 unspecified atom stereocenters. The number of fused-ring (bicyclic) bond motifs is 2. The molecule has 2 aromatic heterocycles. The number of morpholine rings is 2. The number of aromatic nitrogens is 2. The summed E-state index contributed by atoms with van der Waals surface area (Å²) in [7, 11) is 0. The van der Waals surface area contributed by atoms with Crippen LogP contribution in [-0.2, 0) is 52.3 Å². The fraction of sp³-hybridized carbons (Fsp3) is 0.500. The maximum absolute atomic E-state index is 14.6. The highest BCUT2D eigenvalue weighted by molar-refractivity contribution is 6.30. The minimum Gasteiger partial charge on any atom is -0.451 e. The molecule has 0 radical (unpaired) electrons. The van der Waals surface area contributed by atoms with E-state index in [9.17, 15) is 28.8 Å². The Bertz CT molecular complexity index is 3290. The van der Waals surface area contributed by atoms with Crippen LogP contribution in [0.2, 0.25) is 10.0 Å². The van der Waals surface area contributed by atoms with Gasteiger partial charge in [-0.3, -0.25) is 48.4 Å². The Hall–Kier alpha value is -6.70. The Morgan fingerprint density at radius 1 is 0.580 bits per heavy atom. The fourth-order valence-corrected chi connectivity index (χ4v) is 13.9. The molecular weight excluding hydrogens is 1170 g/mol. The van der Waals surface area contributed by atoms with Crippen molar-refractivity contribution in [2.24, 2.45) is 11.5 Å². The molecule has 22 nitrogen and oxygen atoms in total. The summed E-state index contributed by atoms with van der Waals surface area (Å²) in [6.45, 7) is 18.3. The minimum atomic E-state index is -0.887. The van der Waals surface area contributed by atoms with E-state index in [0.29, 0.717) is 136 Å². The summed E-state index contributed by atoms with van der Waals surface area (Å²) in [6.07, 6.45) is -0.880. The molecule has 470 valence electrons. The Balaban J connectivity index is 0.762. The zero-order chi connectivity index (χ0) is 62.3. The lowest BCUT2D eigenvalue weighted by Gasteiger charge is -2.46. The number of pyridine rings is 2. The van der Waals surface area contributed by atoms with Crippen LogP contribution in [0.4, 0.5) is 11.4 Å². The third-order valence-electron chi connectivity index (χ3n) is 18.2. The molecule has 5 aromatic rings. The Labute approximate surface area is 522 Å². The van der Waals surface area contributed by atoms with Gasteiger partial charge in [-0.25, -0.2) is 0 Å². The average molecular weight is 1250 g/mol. The number of aromatic amines is 2. The summed E-state index contributed by atoms with van der Waals surface area (Å²) in [5, 5.41) is 8.30. The molecule has 4 saturated heterocycles. The summed E-state index contributed by atoms with van der Waals surface area (Å²) in [6, 6.07) is 24.0. The zero-order valence-electron chi connectivity index (χ0n) is 50.7. The number of amides is 4. The van der Waals surface area contributed by atoms with Gasteiger partial charge in [0.2, 0.25) is 23.6 Å². The van der Waals surface area contributed by atoms with E-state index in [1.807, 2.05) is 52.0 Å². The van der Waals surface area contributed by atoms with Crippen LogP contribution in [0.15, 0.2) is 94.5 Å². The van der Waals surface area contributed by atoms with Gasteiger partial charge in [-0.15, -0.1) is 0 Å². The van der Waals surface area contributed by atoms with E-state index in [0.717, 1.165) is 11.1 Å². The molecule has 24 heteroatoms.